The molecule has 0 spiro atoms. The van der Waals surface area contributed by atoms with E-state index in [1.165, 1.54) is 16.7 Å². The average Bonchev–Trinajstić information content (AvgIpc) is 2.62. The highest BCUT2D eigenvalue weighted by molar-refractivity contribution is 6.17. The molecule has 0 saturated heterocycles. The Labute approximate surface area is 153 Å². The second-order valence-electron chi connectivity index (χ2n) is 7.78. The number of hydrogen-bond donors (Lipinski definition) is 1. The molecule has 3 aromatic rings. The first-order chi connectivity index (χ1) is 11.8. The summed E-state index contributed by atoms with van der Waals surface area (Å²) in [4.78, 5) is 0. The highest BCUT2D eigenvalue weighted by Crippen LogP contribution is 2.40. The molecule has 0 aliphatic heterocycles. The van der Waals surface area contributed by atoms with Crippen molar-refractivity contribution in [2.45, 2.75) is 31.4 Å². The normalized spacial score (nSPS) is 14.2. The summed E-state index contributed by atoms with van der Waals surface area (Å²) in [6.07, 6.45) is 0. The molecule has 0 saturated carbocycles. The first-order valence-electron chi connectivity index (χ1n) is 8.79. The van der Waals surface area contributed by atoms with Crippen molar-refractivity contribution < 1.29 is 5.11 Å². The van der Waals surface area contributed by atoms with Crippen molar-refractivity contribution in [3.05, 3.63) is 95.6 Å². The summed E-state index contributed by atoms with van der Waals surface area (Å²) in [6.45, 7) is 6.67. The van der Waals surface area contributed by atoms with Crippen molar-refractivity contribution in [2.75, 3.05) is 0 Å². The van der Waals surface area contributed by atoms with Gasteiger partial charge in [0.25, 0.3) is 0 Å². The molecular weight excluding hydrogens is 320 g/mol. The smallest absolute Gasteiger partial charge is 0.0930 e. The zero-order valence-corrected chi connectivity index (χ0v) is 17.5. The van der Waals surface area contributed by atoms with Crippen molar-refractivity contribution in [1.82, 2.24) is 0 Å². The Morgan fingerprint density at radius 1 is 0.720 bits per heavy atom. The van der Waals surface area contributed by atoms with Gasteiger partial charge in [0.05, 0.1) is 15.5 Å². The van der Waals surface area contributed by atoms with Crippen LogP contribution in [0.4, 0.5) is 0 Å². The van der Waals surface area contributed by atoms with E-state index < -0.39 is 5.22 Å². The summed E-state index contributed by atoms with van der Waals surface area (Å²) in [5.74, 6) is 0. The van der Waals surface area contributed by atoms with Gasteiger partial charge in [0.1, 0.15) is 0 Å². The van der Waals surface area contributed by atoms with E-state index in [9.17, 15) is 5.11 Å². The number of rotatable bonds is 3. The molecular formula is C23H26OSi. The van der Waals surface area contributed by atoms with Gasteiger partial charge in [-0.3, -0.25) is 0 Å². The largest absolute Gasteiger partial charge is 0.385 e. The predicted molar refractivity (Wildman–Crippen MR) is 110 cm³/mol. The lowest BCUT2D eigenvalue weighted by Gasteiger charge is -2.34. The third-order valence-electron chi connectivity index (χ3n) is 4.76. The van der Waals surface area contributed by atoms with Gasteiger partial charge in [-0.25, -0.2) is 0 Å². The van der Waals surface area contributed by atoms with Gasteiger partial charge in [0.2, 0.25) is 0 Å². The van der Waals surface area contributed by atoms with Crippen LogP contribution in [0.25, 0.3) is 11.1 Å². The Morgan fingerprint density at radius 3 is 1.84 bits per heavy atom. The maximum absolute atomic E-state index is 11.5. The second kappa shape index (κ2) is 6.62. The maximum atomic E-state index is 11.5. The Kier molecular flexibility index (Phi) is 4.68. The lowest BCUT2D eigenvalue weighted by atomic mass is 9.76. The van der Waals surface area contributed by atoms with Crippen LogP contribution >= 0.6 is 0 Å². The van der Waals surface area contributed by atoms with Crippen molar-refractivity contribution in [3.63, 3.8) is 0 Å². The Hall–Kier alpha value is -2.16. The van der Waals surface area contributed by atoms with E-state index in [0.717, 1.165) is 11.1 Å². The predicted octanol–water partition coefficient (Wildman–Crippen LogP) is 4.21. The third kappa shape index (κ3) is 3.46. The first kappa shape index (κ1) is 17.7. The van der Waals surface area contributed by atoms with E-state index in [1.807, 2.05) is 36.4 Å². The highest BCUT2D eigenvalue weighted by Gasteiger charge is 2.33. The van der Waals surface area contributed by atoms with E-state index >= 15 is 0 Å². The van der Waals surface area contributed by atoms with Crippen LogP contribution in [0.5, 0.6) is 0 Å². The molecule has 25 heavy (non-hydrogen) atoms. The average molecular weight is 347 g/mol. The molecule has 2 heteroatoms. The summed E-state index contributed by atoms with van der Waals surface area (Å²) in [7, 11) is 0.621. The van der Waals surface area contributed by atoms with E-state index in [-0.39, 0.29) is 5.41 Å². The van der Waals surface area contributed by atoms with Crippen LogP contribution in [0.1, 0.15) is 37.5 Å². The minimum Gasteiger partial charge on any atom is -0.385 e. The van der Waals surface area contributed by atoms with Gasteiger partial charge < -0.3 is 5.11 Å². The molecule has 0 aromatic heterocycles. The highest BCUT2D eigenvalue weighted by atomic mass is 28.1. The maximum Gasteiger partial charge on any atom is 0.0930 e. The van der Waals surface area contributed by atoms with Crippen LogP contribution in [0.2, 0.25) is 0 Å². The van der Waals surface area contributed by atoms with Crippen LogP contribution in [0.15, 0.2) is 78.9 Å². The SMILES string of the molecule is CC(C)(C)c1c(-c2ccccc2)cccc1C(O)([SiH3])c1ccccc1. The second-order valence-corrected chi connectivity index (χ2v) is 9.23. The van der Waals surface area contributed by atoms with Gasteiger partial charge in [-0.2, -0.15) is 0 Å². The summed E-state index contributed by atoms with van der Waals surface area (Å²) in [6, 6.07) is 26.8. The van der Waals surface area contributed by atoms with Gasteiger partial charge in [0, 0.05) is 0 Å². The fourth-order valence-corrected chi connectivity index (χ4v) is 4.29. The molecule has 1 N–H and O–H groups in total. The first-order valence-corrected chi connectivity index (χ1v) is 9.79. The zero-order valence-electron chi connectivity index (χ0n) is 15.5. The van der Waals surface area contributed by atoms with Crippen LogP contribution < -0.4 is 0 Å². The third-order valence-corrected chi connectivity index (χ3v) is 5.88. The van der Waals surface area contributed by atoms with Crippen molar-refractivity contribution in [1.29, 1.82) is 0 Å². The molecule has 3 rings (SSSR count). The Morgan fingerprint density at radius 2 is 1.28 bits per heavy atom. The lowest BCUT2D eigenvalue weighted by Crippen LogP contribution is -2.32. The van der Waals surface area contributed by atoms with Gasteiger partial charge >= 0.3 is 0 Å². The molecule has 0 heterocycles. The van der Waals surface area contributed by atoms with Crippen LogP contribution in [-0.4, -0.2) is 15.3 Å². The van der Waals surface area contributed by atoms with Gasteiger partial charge in [-0.15, -0.1) is 0 Å². The molecule has 1 nitrogen and oxygen atoms in total. The molecule has 128 valence electrons. The minimum atomic E-state index is -0.908. The van der Waals surface area contributed by atoms with Crippen molar-refractivity contribution >= 4 is 10.2 Å². The Balaban J connectivity index is 2.28. The monoisotopic (exact) mass is 346 g/mol. The zero-order chi connectivity index (χ0) is 18.1. The minimum absolute atomic E-state index is 0.0745. The molecule has 0 aliphatic rings. The molecule has 0 aliphatic carbocycles. The molecule has 1 atom stereocenters. The molecule has 0 radical (unpaired) electrons. The molecule has 1 unspecified atom stereocenters. The quantitative estimate of drug-likeness (QED) is 0.704. The summed E-state index contributed by atoms with van der Waals surface area (Å²) >= 11 is 0. The van der Waals surface area contributed by atoms with Gasteiger partial charge in [0.15, 0.2) is 0 Å². The Bertz CT molecular complexity index is 846. The standard InChI is InChI=1S/C23H26OSi/c1-22(2,3)21-19(17-11-6-4-7-12-17)15-10-16-20(21)23(24,25)18-13-8-5-9-14-18/h4-16,24H,1-3,25H3. The number of aliphatic hydroxyl groups is 1. The van der Waals surface area contributed by atoms with Crippen molar-refractivity contribution in [2.24, 2.45) is 0 Å². The van der Waals surface area contributed by atoms with E-state index in [1.54, 1.807) is 0 Å². The lowest BCUT2D eigenvalue weighted by molar-refractivity contribution is 0.169. The van der Waals surface area contributed by atoms with Gasteiger partial charge in [-0.05, 0) is 33.2 Å². The van der Waals surface area contributed by atoms with E-state index in [2.05, 4.69) is 63.2 Å². The fourth-order valence-electron chi connectivity index (χ4n) is 3.54. The van der Waals surface area contributed by atoms with Gasteiger partial charge in [-0.1, -0.05) is 99.6 Å². The van der Waals surface area contributed by atoms with E-state index in [0.29, 0.717) is 10.2 Å². The van der Waals surface area contributed by atoms with Crippen LogP contribution in [-0.2, 0) is 10.6 Å². The van der Waals surface area contributed by atoms with Crippen molar-refractivity contribution in [3.8, 4) is 11.1 Å². The summed E-state index contributed by atoms with van der Waals surface area (Å²) in [5.41, 5.74) is 5.55. The summed E-state index contributed by atoms with van der Waals surface area (Å²) < 4.78 is 0. The molecule has 3 aromatic carbocycles. The molecule has 0 fully saturated rings. The number of hydrogen-bond acceptors (Lipinski definition) is 1. The molecule has 0 bridgehead atoms. The van der Waals surface area contributed by atoms with Crippen LogP contribution in [0, 0.1) is 0 Å². The fraction of sp³-hybridized carbons (Fsp3) is 0.217. The molecule has 0 amide bonds. The van der Waals surface area contributed by atoms with Crippen LogP contribution in [0.3, 0.4) is 0 Å². The van der Waals surface area contributed by atoms with E-state index in [4.69, 9.17) is 0 Å². The topological polar surface area (TPSA) is 20.2 Å². The number of benzene rings is 3. The summed E-state index contributed by atoms with van der Waals surface area (Å²) in [5, 5.41) is 10.6.